The van der Waals surface area contributed by atoms with E-state index in [9.17, 15) is 0 Å². The molecule has 0 fully saturated rings. The monoisotopic (exact) mass is 257 g/mol. The number of ether oxygens (including phenoxy) is 1. The normalized spacial score (nSPS) is 12.1. The first kappa shape index (κ1) is 13.5. The number of hydrogen-bond acceptors (Lipinski definition) is 4. The lowest BCUT2D eigenvalue weighted by molar-refractivity contribution is 0.290. The van der Waals surface area contributed by atoms with E-state index in [0.717, 1.165) is 17.7 Å². The van der Waals surface area contributed by atoms with E-state index < -0.39 is 0 Å². The molecule has 100 valence electrons. The van der Waals surface area contributed by atoms with E-state index in [1.54, 1.807) is 6.33 Å². The number of rotatable bonds is 6. The minimum atomic E-state index is 0.214. The largest absolute Gasteiger partial charge is 0.494 e. The molecular formula is C15H19N3O. The molecule has 0 saturated carbocycles. The average molecular weight is 257 g/mol. The molecule has 1 unspecified atom stereocenters. The van der Waals surface area contributed by atoms with Gasteiger partial charge in [-0.15, -0.1) is 0 Å². The Hall–Kier alpha value is -1.94. The fraction of sp³-hybridized carbons (Fsp3) is 0.333. The predicted molar refractivity (Wildman–Crippen MR) is 75.1 cm³/mol. The van der Waals surface area contributed by atoms with Crippen LogP contribution in [0.4, 0.5) is 0 Å². The third kappa shape index (κ3) is 4.03. The van der Waals surface area contributed by atoms with Gasteiger partial charge in [0.25, 0.3) is 0 Å². The highest BCUT2D eigenvalue weighted by Gasteiger charge is 2.09. The molecule has 4 nitrogen and oxygen atoms in total. The molecule has 2 aromatic rings. The first-order valence-corrected chi connectivity index (χ1v) is 6.41. The van der Waals surface area contributed by atoms with E-state index in [1.165, 1.54) is 5.56 Å². The summed E-state index contributed by atoms with van der Waals surface area (Å²) in [5, 5.41) is 3.26. The van der Waals surface area contributed by atoms with Crippen LogP contribution in [0.25, 0.3) is 0 Å². The van der Waals surface area contributed by atoms with Crippen molar-refractivity contribution in [3.8, 4) is 5.75 Å². The topological polar surface area (TPSA) is 47.0 Å². The molecule has 0 spiro atoms. The van der Waals surface area contributed by atoms with Crippen molar-refractivity contribution in [3.05, 3.63) is 54.1 Å². The Morgan fingerprint density at radius 2 is 2.05 bits per heavy atom. The Morgan fingerprint density at radius 3 is 2.74 bits per heavy atom. The molecule has 1 atom stereocenters. The van der Waals surface area contributed by atoms with Gasteiger partial charge >= 0.3 is 0 Å². The summed E-state index contributed by atoms with van der Waals surface area (Å²) in [4.78, 5) is 8.08. The molecule has 0 radical (unpaired) electrons. The lowest BCUT2D eigenvalue weighted by Crippen LogP contribution is -2.19. The van der Waals surface area contributed by atoms with Gasteiger partial charge in [-0.05, 0) is 31.7 Å². The van der Waals surface area contributed by atoms with Crippen molar-refractivity contribution in [1.29, 1.82) is 0 Å². The van der Waals surface area contributed by atoms with Gasteiger partial charge in [0.1, 0.15) is 12.1 Å². The van der Waals surface area contributed by atoms with Crippen LogP contribution in [0.2, 0.25) is 0 Å². The maximum Gasteiger partial charge on any atom is 0.119 e. The highest BCUT2D eigenvalue weighted by Crippen LogP contribution is 2.17. The van der Waals surface area contributed by atoms with Crippen LogP contribution in [0, 0.1) is 6.92 Å². The summed E-state index contributed by atoms with van der Waals surface area (Å²) in [5.74, 6) is 0.916. The number of nitrogens with zero attached hydrogens (tertiary/aromatic N) is 2. The van der Waals surface area contributed by atoms with Crippen LogP contribution in [-0.4, -0.2) is 23.6 Å². The summed E-state index contributed by atoms with van der Waals surface area (Å²) in [6.07, 6.45) is 6.08. The van der Waals surface area contributed by atoms with Gasteiger partial charge in [0, 0.05) is 30.4 Å². The molecule has 0 saturated heterocycles. The molecule has 0 bridgehead atoms. The Bertz CT molecular complexity index is 502. The van der Waals surface area contributed by atoms with E-state index in [0.29, 0.717) is 6.61 Å². The zero-order chi connectivity index (χ0) is 13.5. The third-order valence-corrected chi connectivity index (χ3v) is 3.00. The molecule has 0 aliphatic heterocycles. The molecule has 19 heavy (non-hydrogen) atoms. The van der Waals surface area contributed by atoms with Crippen molar-refractivity contribution in [3.63, 3.8) is 0 Å². The maximum atomic E-state index is 5.76. The predicted octanol–water partition coefficient (Wildman–Crippen LogP) is 2.51. The zero-order valence-electron chi connectivity index (χ0n) is 11.3. The molecule has 0 aliphatic rings. The number of aryl methyl sites for hydroxylation is 1. The molecule has 1 aromatic carbocycles. The van der Waals surface area contributed by atoms with Gasteiger partial charge in [-0.3, -0.25) is 0 Å². The Balaban J connectivity index is 1.87. The van der Waals surface area contributed by atoms with Crippen molar-refractivity contribution >= 4 is 0 Å². The zero-order valence-corrected chi connectivity index (χ0v) is 11.3. The van der Waals surface area contributed by atoms with E-state index in [4.69, 9.17) is 4.74 Å². The second-order valence-corrected chi connectivity index (χ2v) is 4.47. The average Bonchev–Trinajstić information content (AvgIpc) is 2.45. The maximum absolute atomic E-state index is 5.76. The van der Waals surface area contributed by atoms with Gasteiger partial charge in [0.05, 0.1) is 6.61 Å². The summed E-state index contributed by atoms with van der Waals surface area (Å²) >= 11 is 0. The summed E-state index contributed by atoms with van der Waals surface area (Å²) in [5.41, 5.74) is 2.29. The number of nitrogens with one attached hydrogen (secondary N) is 1. The fourth-order valence-corrected chi connectivity index (χ4v) is 1.97. The standard InChI is InChI=1S/C15H19N3O/c1-12-4-3-5-14(8-12)19-7-6-15(16-2)13-9-17-11-18-10-13/h3-5,8-11,15-16H,6-7H2,1-2H3. The van der Waals surface area contributed by atoms with Crippen LogP contribution in [0.1, 0.15) is 23.6 Å². The van der Waals surface area contributed by atoms with Crippen molar-refractivity contribution in [2.45, 2.75) is 19.4 Å². The minimum Gasteiger partial charge on any atom is -0.494 e. The molecule has 2 rings (SSSR count). The Labute approximate surface area is 113 Å². The van der Waals surface area contributed by atoms with Gasteiger partial charge in [-0.1, -0.05) is 12.1 Å². The SMILES string of the molecule is CNC(CCOc1cccc(C)c1)c1cncnc1. The van der Waals surface area contributed by atoms with Gasteiger partial charge in [0.2, 0.25) is 0 Å². The molecule has 0 amide bonds. The fourth-order valence-electron chi connectivity index (χ4n) is 1.97. The number of hydrogen-bond donors (Lipinski definition) is 1. The van der Waals surface area contributed by atoms with Crippen LogP contribution in [-0.2, 0) is 0 Å². The van der Waals surface area contributed by atoms with Gasteiger partial charge in [0.15, 0.2) is 0 Å². The first-order valence-electron chi connectivity index (χ1n) is 6.41. The summed E-state index contributed by atoms with van der Waals surface area (Å²) in [7, 11) is 1.93. The lowest BCUT2D eigenvalue weighted by atomic mass is 10.1. The van der Waals surface area contributed by atoms with E-state index in [-0.39, 0.29) is 6.04 Å². The molecule has 0 aliphatic carbocycles. The molecule has 1 heterocycles. The van der Waals surface area contributed by atoms with Gasteiger partial charge < -0.3 is 10.1 Å². The first-order chi connectivity index (χ1) is 9.29. The minimum absolute atomic E-state index is 0.214. The van der Waals surface area contributed by atoms with E-state index >= 15 is 0 Å². The highest BCUT2D eigenvalue weighted by molar-refractivity contribution is 5.27. The highest BCUT2D eigenvalue weighted by atomic mass is 16.5. The number of benzene rings is 1. The quantitative estimate of drug-likeness (QED) is 0.863. The molecular weight excluding hydrogens is 238 g/mol. The summed E-state index contributed by atoms with van der Waals surface area (Å²) in [6.45, 7) is 2.72. The third-order valence-electron chi connectivity index (χ3n) is 3.00. The molecule has 4 heteroatoms. The van der Waals surface area contributed by atoms with Crippen molar-refractivity contribution in [2.75, 3.05) is 13.7 Å². The van der Waals surface area contributed by atoms with Gasteiger partial charge in [-0.25, -0.2) is 9.97 Å². The van der Waals surface area contributed by atoms with Crippen LogP contribution in [0.15, 0.2) is 43.0 Å². The Kier molecular flexibility index (Phi) is 4.86. The van der Waals surface area contributed by atoms with E-state index in [1.807, 2.05) is 37.6 Å². The van der Waals surface area contributed by atoms with Crippen molar-refractivity contribution < 1.29 is 4.74 Å². The van der Waals surface area contributed by atoms with Crippen LogP contribution < -0.4 is 10.1 Å². The van der Waals surface area contributed by atoms with Crippen LogP contribution >= 0.6 is 0 Å². The van der Waals surface area contributed by atoms with Gasteiger partial charge in [-0.2, -0.15) is 0 Å². The second-order valence-electron chi connectivity index (χ2n) is 4.47. The molecule has 1 aromatic heterocycles. The van der Waals surface area contributed by atoms with E-state index in [2.05, 4.69) is 28.3 Å². The smallest absolute Gasteiger partial charge is 0.119 e. The van der Waals surface area contributed by atoms with Crippen molar-refractivity contribution in [2.24, 2.45) is 0 Å². The Morgan fingerprint density at radius 1 is 1.26 bits per heavy atom. The summed E-state index contributed by atoms with van der Waals surface area (Å²) < 4.78 is 5.76. The summed E-state index contributed by atoms with van der Waals surface area (Å²) in [6, 6.07) is 8.30. The van der Waals surface area contributed by atoms with Crippen molar-refractivity contribution in [1.82, 2.24) is 15.3 Å². The van der Waals surface area contributed by atoms with Crippen LogP contribution in [0.3, 0.4) is 0 Å². The molecule has 1 N–H and O–H groups in total. The number of aromatic nitrogens is 2. The lowest BCUT2D eigenvalue weighted by Gasteiger charge is -2.16. The van der Waals surface area contributed by atoms with Crippen LogP contribution in [0.5, 0.6) is 5.75 Å². The second kappa shape index (κ2) is 6.85.